The fraction of sp³-hybridized carbons (Fsp3) is 1.00. The Hall–Kier alpha value is -0.0800. The minimum absolute atomic E-state index is 0.0758. The largest absolute Gasteiger partial charge is 0.328 e. The zero-order valence-electron chi connectivity index (χ0n) is 7.47. The van der Waals surface area contributed by atoms with E-state index < -0.39 is 0 Å². The number of rotatable bonds is 2. The topological polar surface area (TPSA) is 52.0 Å². The Balaban J connectivity index is 2.41. The highest BCUT2D eigenvalue weighted by molar-refractivity contribution is 4.91. The summed E-state index contributed by atoms with van der Waals surface area (Å²) >= 11 is 0. The second kappa shape index (κ2) is 3.55. The Labute approximate surface area is 69.3 Å². The maximum Gasteiger partial charge on any atom is 0.0169 e. The van der Waals surface area contributed by atoms with E-state index in [1.165, 1.54) is 25.7 Å². The van der Waals surface area contributed by atoms with Gasteiger partial charge in [-0.3, -0.25) is 0 Å². The van der Waals surface area contributed by atoms with E-state index >= 15 is 0 Å². The summed E-state index contributed by atoms with van der Waals surface area (Å²) < 4.78 is 0. The Morgan fingerprint density at radius 2 is 2.27 bits per heavy atom. The lowest BCUT2D eigenvalue weighted by atomic mass is 9.77. The third-order valence-electron chi connectivity index (χ3n) is 2.67. The highest BCUT2D eigenvalue weighted by Gasteiger charge is 2.29. The third kappa shape index (κ3) is 2.46. The monoisotopic (exact) mass is 156 g/mol. The lowest BCUT2D eigenvalue weighted by molar-refractivity contribution is 0.252. The van der Waals surface area contributed by atoms with Crippen molar-refractivity contribution < 1.29 is 0 Å². The molecule has 2 unspecified atom stereocenters. The summed E-state index contributed by atoms with van der Waals surface area (Å²) in [5.74, 6) is 0. The summed E-state index contributed by atoms with van der Waals surface area (Å²) in [5.41, 5.74) is 12.1. The molecule has 2 heteroatoms. The molecule has 1 aliphatic rings. The lowest BCUT2D eigenvalue weighted by Crippen LogP contribution is -2.48. The molecule has 11 heavy (non-hydrogen) atoms. The van der Waals surface area contributed by atoms with Gasteiger partial charge in [0.2, 0.25) is 0 Å². The molecule has 1 rings (SSSR count). The maximum absolute atomic E-state index is 6.18. The van der Waals surface area contributed by atoms with E-state index in [0.29, 0.717) is 6.04 Å². The van der Waals surface area contributed by atoms with Crippen molar-refractivity contribution in [3.8, 4) is 0 Å². The molecular weight excluding hydrogens is 136 g/mol. The summed E-state index contributed by atoms with van der Waals surface area (Å²) in [6.45, 7) is 2.19. The van der Waals surface area contributed by atoms with Gasteiger partial charge in [-0.05, 0) is 25.7 Å². The SMILES string of the molecule is CCCC1(N)CCCC(N)C1. The van der Waals surface area contributed by atoms with Crippen LogP contribution in [-0.4, -0.2) is 11.6 Å². The minimum Gasteiger partial charge on any atom is -0.328 e. The highest BCUT2D eigenvalue weighted by Crippen LogP contribution is 2.28. The summed E-state index contributed by atoms with van der Waals surface area (Å²) in [4.78, 5) is 0. The Bertz CT molecular complexity index is 121. The van der Waals surface area contributed by atoms with E-state index in [1.807, 2.05) is 0 Å². The van der Waals surface area contributed by atoms with Gasteiger partial charge in [0.05, 0.1) is 0 Å². The molecule has 0 aromatic heterocycles. The van der Waals surface area contributed by atoms with Gasteiger partial charge in [-0.15, -0.1) is 0 Å². The second-order valence-electron chi connectivity index (χ2n) is 3.97. The van der Waals surface area contributed by atoms with Crippen molar-refractivity contribution in [3.63, 3.8) is 0 Å². The Morgan fingerprint density at radius 1 is 1.55 bits per heavy atom. The molecule has 2 nitrogen and oxygen atoms in total. The smallest absolute Gasteiger partial charge is 0.0169 e. The Kier molecular flexibility index (Phi) is 2.90. The van der Waals surface area contributed by atoms with E-state index in [1.54, 1.807) is 0 Å². The molecule has 1 fully saturated rings. The average Bonchev–Trinajstić information content (AvgIpc) is 1.86. The first-order valence-corrected chi connectivity index (χ1v) is 4.71. The van der Waals surface area contributed by atoms with Gasteiger partial charge < -0.3 is 11.5 Å². The minimum atomic E-state index is 0.0758. The second-order valence-corrected chi connectivity index (χ2v) is 3.97. The molecule has 0 heterocycles. The first-order chi connectivity index (χ1) is 5.16. The maximum atomic E-state index is 6.18. The van der Waals surface area contributed by atoms with Crippen LogP contribution in [0.5, 0.6) is 0 Å². The van der Waals surface area contributed by atoms with Crippen LogP contribution in [0.4, 0.5) is 0 Å². The molecule has 0 spiro atoms. The molecule has 0 aromatic rings. The van der Waals surface area contributed by atoms with Crippen LogP contribution >= 0.6 is 0 Å². The van der Waals surface area contributed by atoms with Crippen molar-refractivity contribution >= 4 is 0 Å². The van der Waals surface area contributed by atoms with Crippen molar-refractivity contribution in [2.24, 2.45) is 11.5 Å². The van der Waals surface area contributed by atoms with Gasteiger partial charge in [-0.1, -0.05) is 19.8 Å². The van der Waals surface area contributed by atoms with Crippen molar-refractivity contribution in [3.05, 3.63) is 0 Å². The molecule has 0 radical (unpaired) electrons. The number of hydrogen-bond donors (Lipinski definition) is 2. The van der Waals surface area contributed by atoms with Gasteiger partial charge in [0, 0.05) is 11.6 Å². The zero-order valence-corrected chi connectivity index (χ0v) is 7.47. The van der Waals surface area contributed by atoms with Gasteiger partial charge >= 0.3 is 0 Å². The van der Waals surface area contributed by atoms with E-state index in [9.17, 15) is 0 Å². The molecule has 0 aliphatic heterocycles. The molecule has 2 atom stereocenters. The van der Waals surface area contributed by atoms with Gasteiger partial charge in [-0.2, -0.15) is 0 Å². The average molecular weight is 156 g/mol. The predicted octanol–water partition coefficient (Wildman–Crippen LogP) is 1.39. The first-order valence-electron chi connectivity index (χ1n) is 4.71. The van der Waals surface area contributed by atoms with Crippen LogP contribution in [0, 0.1) is 0 Å². The normalized spacial score (nSPS) is 39.0. The van der Waals surface area contributed by atoms with E-state index in [0.717, 1.165) is 12.8 Å². The molecule has 0 aromatic carbocycles. The number of hydrogen-bond acceptors (Lipinski definition) is 2. The van der Waals surface area contributed by atoms with Crippen molar-refractivity contribution in [2.75, 3.05) is 0 Å². The lowest BCUT2D eigenvalue weighted by Gasteiger charge is -2.36. The van der Waals surface area contributed by atoms with Crippen LogP contribution in [0.2, 0.25) is 0 Å². The fourth-order valence-electron chi connectivity index (χ4n) is 2.17. The Morgan fingerprint density at radius 3 is 2.82 bits per heavy atom. The van der Waals surface area contributed by atoms with Crippen LogP contribution in [-0.2, 0) is 0 Å². The predicted molar refractivity (Wildman–Crippen MR) is 48.3 cm³/mol. The summed E-state index contributed by atoms with van der Waals surface area (Å²) in [6.07, 6.45) is 6.92. The zero-order chi connectivity index (χ0) is 8.32. The van der Waals surface area contributed by atoms with Crippen LogP contribution in [0.3, 0.4) is 0 Å². The molecule has 1 saturated carbocycles. The van der Waals surface area contributed by atoms with Crippen molar-refractivity contribution in [1.29, 1.82) is 0 Å². The fourth-order valence-corrected chi connectivity index (χ4v) is 2.17. The summed E-state index contributed by atoms with van der Waals surface area (Å²) in [5, 5.41) is 0. The van der Waals surface area contributed by atoms with Crippen LogP contribution < -0.4 is 11.5 Å². The molecule has 0 saturated heterocycles. The molecule has 66 valence electrons. The van der Waals surface area contributed by atoms with Crippen LogP contribution in [0.1, 0.15) is 45.4 Å². The molecular formula is C9H20N2. The van der Waals surface area contributed by atoms with E-state index in [4.69, 9.17) is 11.5 Å². The van der Waals surface area contributed by atoms with Gasteiger partial charge in [0.25, 0.3) is 0 Å². The van der Waals surface area contributed by atoms with Crippen molar-refractivity contribution in [1.82, 2.24) is 0 Å². The highest BCUT2D eigenvalue weighted by atomic mass is 14.8. The van der Waals surface area contributed by atoms with Gasteiger partial charge in [0.1, 0.15) is 0 Å². The molecule has 4 N–H and O–H groups in total. The molecule has 1 aliphatic carbocycles. The third-order valence-corrected chi connectivity index (χ3v) is 2.67. The van der Waals surface area contributed by atoms with Crippen LogP contribution in [0.15, 0.2) is 0 Å². The number of nitrogens with two attached hydrogens (primary N) is 2. The van der Waals surface area contributed by atoms with Crippen molar-refractivity contribution in [2.45, 2.75) is 57.0 Å². The van der Waals surface area contributed by atoms with Crippen LogP contribution in [0.25, 0.3) is 0 Å². The molecule has 0 amide bonds. The summed E-state index contributed by atoms with van der Waals surface area (Å²) in [7, 11) is 0. The van der Waals surface area contributed by atoms with Gasteiger partial charge in [-0.25, -0.2) is 0 Å². The summed E-state index contributed by atoms with van der Waals surface area (Å²) in [6, 6.07) is 0.361. The molecule has 0 bridgehead atoms. The van der Waals surface area contributed by atoms with E-state index in [2.05, 4.69) is 6.92 Å². The van der Waals surface area contributed by atoms with E-state index in [-0.39, 0.29) is 5.54 Å². The standard InChI is InChI=1S/C9H20N2/c1-2-5-9(11)6-3-4-8(10)7-9/h8H,2-7,10-11H2,1H3. The quantitative estimate of drug-likeness (QED) is 0.634. The van der Waals surface area contributed by atoms with Gasteiger partial charge in [0.15, 0.2) is 0 Å². The first kappa shape index (κ1) is 9.01.